The highest BCUT2D eigenvalue weighted by atomic mass is 16.5. The number of rotatable bonds is 6. The van der Waals surface area contributed by atoms with Gasteiger partial charge in [-0.3, -0.25) is 9.78 Å². The Morgan fingerprint density at radius 3 is 2.73 bits per heavy atom. The number of aryl methyl sites for hydroxylation is 1. The number of nitrogens with one attached hydrogen (secondary N) is 1. The van der Waals surface area contributed by atoms with Crippen LogP contribution < -0.4 is 10.1 Å². The van der Waals surface area contributed by atoms with E-state index in [0.717, 1.165) is 22.4 Å². The van der Waals surface area contributed by atoms with E-state index in [1.165, 1.54) is 0 Å². The van der Waals surface area contributed by atoms with Crippen LogP contribution in [-0.2, 0) is 6.54 Å². The van der Waals surface area contributed by atoms with Gasteiger partial charge < -0.3 is 10.1 Å². The molecule has 30 heavy (non-hydrogen) atoms. The topological polar surface area (TPSA) is 81.9 Å². The van der Waals surface area contributed by atoms with Gasteiger partial charge in [0, 0.05) is 30.6 Å². The zero-order valence-electron chi connectivity index (χ0n) is 16.7. The fourth-order valence-corrected chi connectivity index (χ4v) is 3.19. The van der Waals surface area contributed by atoms with Gasteiger partial charge in [0.05, 0.1) is 12.8 Å². The Balaban J connectivity index is 1.72. The molecule has 0 bridgehead atoms. The number of benzene rings is 2. The van der Waals surface area contributed by atoms with E-state index < -0.39 is 0 Å². The van der Waals surface area contributed by atoms with Crippen molar-refractivity contribution in [2.45, 2.75) is 13.5 Å². The van der Waals surface area contributed by atoms with Crippen LogP contribution in [0.25, 0.3) is 16.9 Å². The summed E-state index contributed by atoms with van der Waals surface area (Å²) in [6.07, 6.45) is 3.37. The Kier molecular flexibility index (Phi) is 5.52. The molecule has 0 atom stereocenters. The van der Waals surface area contributed by atoms with Crippen LogP contribution in [0.15, 0.2) is 73.1 Å². The average Bonchev–Trinajstić information content (AvgIpc) is 3.24. The third-order valence-electron chi connectivity index (χ3n) is 4.82. The molecule has 0 radical (unpaired) electrons. The van der Waals surface area contributed by atoms with E-state index in [-0.39, 0.29) is 11.6 Å². The van der Waals surface area contributed by atoms with Crippen LogP contribution in [0.2, 0.25) is 0 Å². The largest absolute Gasteiger partial charge is 0.497 e. The van der Waals surface area contributed by atoms with Crippen molar-refractivity contribution in [3.05, 3.63) is 89.9 Å². The van der Waals surface area contributed by atoms with E-state index in [2.05, 4.69) is 20.6 Å². The lowest BCUT2D eigenvalue weighted by molar-refractivity contribution is 0.0946. The summed E-state index contributed by atoms with van der Waals surface area (Å²) in [6, 6.07) is 19.0. The highest BCUT2D eigenvalue weighted by molar-refractivity contribution is 5.98. The van der Waals surface area contributed by atoms with E-state index in [1.54, 1.807) is 24.2 Å². The molecule has 0 saturated carbocycles. The van der Waals surface area contributed by atoms with Gasteiger partial charge in [-0.15, -0.1) is 5.10 Å². The van der Waals surface area contributed by atoms with Crippen LogP contribution >= 0.6 is 0 Å². The van der Waals surface area contributed by atoms with Crippen molar-refractivity contribution >= 4 is 5.91 Å². The highest BCUT2D eigenvalue weighted by Crippen LogP contribution is 2.26. The molecule has 2 heterocycles. The predicted molar refractivity (Wildman–Crippen MR) is 113 cm³/mol. The standard InChI is InChI=1S/C23H21N5O2/c1-16-7-3-4-8-17(16)15-25-23(29)21-22(18-9-6-12-24-14-18)28(27-26-21)19-10-5-11-20(13-19)30-2/h3-14H,15H2,1-2H3,(H,25,29). The molecule has 0 fully saturated rings. The Bertz CT molecular complexity index is 1170. The minimum absolute atomic E-state index is 0.236. The lowest BCUT2D eigenvalue weighted by atomic mass is 10.1. The molecule has 0 aliphatic heterocycles. The Morgan fingerprint density at radius 1 is 1.10 bits per heavy atom. The van der Waals surface area contributed by atoms with Gasteiger partial charge in [0.15, 0.2) is 5.69 Å². The minimum Gasteiger partial charge on any atom is -0.497 e. The summed E-state index contributed by atoms with van der Waals surface area (Å²) in [7, 11) is 1.60. The summed E-state index contributed by atoms with van der Waals surface area (Å²) in [5, 5.41) is 11.4. The average molecular weight is 399 g/mol. The van der Waals surface area contributed by atoms with Crippen LogP contribution in [0, 0.1) is 6.92 Å². The number of amides is 1. The number of carbonyl (C=O) groups is 1. The smallest absolute Gasteiger partial charge is 0.274 e. The van der Waals surface area contributed by atoms with Crippen molar-refractivity contribution in [2.24, 2.45) is 0 Å². The number of ether oxygens (including phenoxy) is 1. The Morgan fingerprint density at radius 2 is 1.97 bits per heavy atom. The second-order valence-corrected chi connectivity index (χ2v) is 6.75. The van der Waals surface area contributed by atoms with Gasteiger partial charge in [-0.2, -0.15) is 0 Å². The van der Waals surface area contributed by atoms with Gasteiger partial charge in [0.2, 0.25) is 0 Å². The van der Waals surface area contributed by atoms with Gasteiger partial charge in [0.25, 0.3) is 5.91 Å². The first-order valence-electron chi connectivity index (χ1n) is 9.50. The fourth-order valence-electron chi connectivity index (χ4n) is 3.19. The minimum atomic E-state index is -0.300. The number of hydrogen-bond donors (Lipinski definition) is 1. The molecule has 0 spiro atoms. The van der Waals surface area contributed by atoms with Gasteiger partial charge in [-0.05, 0) is 42.3 Å². The second kappa shape index (κ2) is 8.57. The maximum Gasteiger partial charge on any atom is 0.274 e. The van der Waals surface area contributed by atoms with E-state index in [1.807, 2.05) is 67.6 Å². The third-order valence-corrected chi connectivity index (χ3v) is 4.82. The number of hydrogen-bond acceptors (Lipinski definition) is 5. The molecule has 4 rings (SSSR count). The maximum absolute atomic E-state index is 13.0. The van der Waals surface area contributed by atoms with Crippen LogP contribution in [0.3, 0.4) is 0 Å². The molecule has 0 saturated heterocycles. The van der Waals surface area contributed by atoms with E-state index in [0.29, 0.717) is 18.0 Å². The molecular weight excluding hydrogens is 378 g/mol. The monoisotopic (exact) mass is 399 g/mol. The molecule has 4 aromatic rings. The molecule has 0 aliphatic carbocycles. The lowest BCUT2D eigenvalue weighted by Crippen LogP contribution is -2.24. The van der Waals surface area contributed by atoms with E-state index in [4.69, 9.17) is 4.74 Å². The first-order chi connectivity index (χ1) is 14.7. The van der Waals surface area contributed by atoms with Gasteiger partial charge in [0.1, 0.15) is 11.4 Å². The fraction of sp³-hybridized carbons (Fsp3) is 0.130. The Hall–Kier alpha value is -4.00. The van der Waals surface area contributed by atoms with E-state index >= 15 is 0 Å². The quantitative estimate of drug-likeness (QED) is 0.536. The molecule has 0 unspecified atom stereocenters. The van der Waals surface area contributed by atoms with Crippen molar-refractivity contribution in [2.75, 3.05) is 7.11 Å². The molecule has 2 aromatic heterocycles. The predicted octanol–water partition coefficient (Wildman–Crippen LogP) is 3.58. The summed E-state index contributed by atoms with van der Waals surface area (Å²) < 4.78 is 6.95. The molecule has 2 aromatic carbocycles. The zero-order chi connectivity index (χ0) is 20.9. The molecule has 7 heteroatoms. The van der Waals surface area contributed by atoms with Crippen molar-refractivity contribution < 1.29 is 9.53 Å². The van der Waals surface area contributed by atoms with Crippen LogP contribution in [-0.4, -0.2) is 33.0 Å². The summed E-state index contributed by atoms with van der Waals surface area (Å²) in [6.45, 7) is 2.42. The van der Waals surface area contributed by atoms with Crippen molar-refractivity contribution in [1.29, 1.82) is 0 Å². The number of carbonyl (C=O) groups excluding carboxylic acids is 1. The Labute approximate surface area is 174 Å². The SMILES string of the molecule is COc1cccc(-n2nnc(C(=O)NCc3ccccc3C)c2-c2cccnc2)c1. The summed E-state index contributed by atoms with van der Waals surface area (Å²) in [5.41, 5.74) is 4.45. The number of nitrogens with zero attached hydrogens (tertiary/aromatic N) is 4. The van der Waals surface area contributed by atoms with Gasteiger partial charge in [-0.1, -0.05) is 35.5 Å². The van der Waals surface area contributed by atoms with Crippen LogP contribution in [0.5, 0.6) is 5.75 Å². The lowest BCUT2D eigenvalue weighted by Gasteiger charge is -2.10. The third kappa shape index (κ3) is 3.91. The normalized spacial score (nSPS) is 10.6. The summed E-state index contributed by atoms with van der Waals surface area (Å²) >= 11 is 0. The van der Waals surface area contributed by atoms with Crippen molar-refractivity contribution in [3.8, 4) is 22.7 Å². The molecule has 0 aliphatic rings. The first kappa shape index (κ1) is 19.3. The molecule has 7 nitrogen and oxygen atoms in total. The number of methoxy groups -OCH3 is 1. The van der Waals surface area contributed by atoms with Gasteiger partial charge >= 0.3 is 0 Å². The second-order valence-electron chi connectivity index (χ2n) is 6.75. The molecule has 150 valence electrons. The van der Waals surface area contributed by atoms with Gasteiger partial charge in [-0.25, -0.2) is 4.68 Å². The molecular formula is C23H21N5O2. The molecule has 1 amide bonds. The summed E-state index contributed by atoms with van der Waals surface area (Å²) in [5.74, 6) is 0.386. The first-order valence-corrected chi connectivity index (χ1v) is 9.50. The number of aromatic nitrogens is 4. The molecule has 1 N–H and O–H groups in total. The summed E-state index contributed by atoms with van der Waals surface area (Å²) in [4.78, 5) is 17.2. The van der Waals surface area contributed by atoms with Crippen molar-refractivity contribution in [1.82, 2.24) is 25.3 Å². The number of pyridine rings is 1. The zero-order valence-corrected chi connectivity index (χ0v) is 16.7. The van der Waals surface area contributed by atoms with Crippen molar-refractivity contribution in [3.63, 3.8) is 0 Å². The highest BCUT2D eigenvalue weighted by Gasteiger charge is 2.22. The van der Waals surface area contributed by atoms with Crippen LogP contribution in [0.4, 0.5) is 0 Å². The van der Waals surface area contributed by atoms with Crippen LogP contribution in [0.1, 0.15) is 21.6 Å². The maximum atomic E-state index is 13.0. The van der Waals surface area contributed by atoms with E-state index in [9.17, 15) is 4.79 Å².